The zero-order chi connectivity index (χ0) is 14.5. The number of rotatable bonds is 4. The summed E-state index contributed by atoms with van der Waals surface area (Å²) in [6, 6.07) is 15.7. The zero-order valence-electron chi connectivity index (χ0n) is 11.4. The minimum Gasteiger partial charge on any atom is -0.489 e. The lowest BCUT2D eigenvalue weighted by Crippen LogP contribution is -1.97. The zero-order valence-corrected chi connectivity index (χ0v) is 11.4. The summed E-state index contributed by atoms with van der Waals surface area (Å²) in [4.78, 5) is 8.01. The van der Waals surface area contributed by atoms with Gasteiger partial charge in [0.1, 0.15) is 18.7 Å². The van der Waals surface area contributed by atoms with E-state index in [1.807, 2.05) is 48.5 Å². The number of nitrogens with two attached hydrogens (primary N) is 1. The van der Waals surface area contributed by atoms with Gasteiger partial charge in [0.2, 0.25) is 0 Å². The number of ether oxygens (including phenoxy) is 1. The molecule has 21 heavy (non-hydrogen) atoms. The highest BCUT2D eigenvalue weighted by Crippen LogP contribution is 2.28. The van der Waals surface area contributed by atoms with E-state index in [4.69, 9.17) is 10.5 Å². The van der Waals surface area contributed by atoms with Crippen molar-refractivity contribution in [3.63, 3.8) is 0 Å². The average molecular weight is 277 g/mol. The van der Waals surface area contributed by atoms with Gasteiger partial charge >= 0.3 is 0 Å². The summed E-state index contributed by atoms with van der Waals surface area (Å²) >= 11 is 0. The number of hydrogen-bond donors (Lipinski definition) is 1. The van der Waals surface area contributed by atoms with Crippen LogP contribution in [0.3, 0.4) is 0 Å². The molecule has 3 aromatic rings. The smallest absolute Gasteiger partial charge is 0.121 e. The Morgan fingerprint density at radius 2 is 1.71 bits per heavy atom. The summed E-state index contributed by atoms with van der Waals surface area (Å²) in [6.45, 7) is 0.522. The van der Waals surface area contributed by atoms with Crippen LogP contribution >= 0.6 is 0 Å². The average Bonchev–Trinajstić information content (AvgIpc) is 2.55. The fourth-order valence-corrected chi connectivity index (χ4v) is 2.07. The van der Waals surface area contributed by atoms with E-state index in [2.05, 4.69) is 9.97 Å². The molecule has 1 heterocycles. The monoisotopic (exact) mass is 277 g/mol. The number of benzene rings is 2. The fourth-order valence-electron chi connectivity index (χ4n) is 2.07. The van der Waals surface area contributed by atoms with E-state index in [-0.39, 0.29) is 0 Å². The maximum atomic E-state index is 6.09. The largest absolute Gasteiger partial charge is 0.489 e. The quantitative estimate of drug-likeness (QED) is 0.743. The number of anilines is 1. The minimum atomic E-state index is 0.522. The van der Waals surface area contributed by atoms with Gasteiger partial charge in [0.25, 0.3) is 0 Å². The van der Waals surface area contributed by atoms with Crippen LogP contribution in [0.4, 0.5) is 5.69 Å². The third-order valence-corrected chi connectivity index (χ3v) is 3.14. The van der Waals surface area contributed by atoms with Gasteiger partial charge in [-0.05, 0) is 17.7 Å². The fraction of sp³-hybridized carbons (Fsp3) is 0.0588. The van der Waals surface area contributed by atoms with E-state index in [0.717, 1.165) is 22.4 Å². The summed E-state index contributed by atoms with van der Waals surface area (Å²) in [5, 5.41) is 0. The van der Waals surface area contributed by atoms with E-state index in [1.54, 1.807) is 12.4 Å². The Labute approximate surface area is 123 Å². The van der Waals surface area contributed by atoms with Gasteiger partial charge in [-0.2, -0.15) is 0 Å². The highest BCUT2D eigenvalue weighted by Gasteiger charge is 2.05. The van der Waals surface area contributed by atoms with Crippen molar-refractivity contribution in [2.24, 2.45) is 0 Å². The van der Waals surface area contributed by atoms with Crippen LogP contribution in [0.5, 0.6) is 5.75 Å². The number of hydrogen-bond acceptors (Lipinski definition) is 4. The van der Waals surface area contributed by atoms with Crippen molar-refractivity contribution in [3.05, 3.63) is 72.8 Å². The highest BCUT2D eigenvalue weighted by atomic mass is 16.5. The molecule has 2 N–H and O–H groups in total. The Morgan fingerprint density at radius 1 is 0.952 bits per heavy atom. The lowest BCUT2D eigenvalue weighted by atomic mass is 10.1. The summed E-state index contributed by atoms with van der Waals surface area (Å²) in [6.07, 6.45) is 4.98. The SMILES string of the molecule is Nc1cc(OCc2ccccc2)ccc1-c1cncnc1. The van der Waals surface area contributed by atoms with Crippen LogP contribution in [-0.2, 0) is 6.61 Å². The molecule has 3 rings (SSSR count). The highest BCUT2D eigenvalue weighted by molar-refractivity contribution is 5.76. The van der Waals surface area contributed by atoms with Gasteiger partial charge in [-0.25, -0.2) is 9.97 Å². The van der Waals surface area contributed by atoms with Crippen molar-refractivity contribution in [2.75, 3.05) is 5.73 Å². The van der Waals surface area contributed by atoms with Crippen LogP contribution in [0.2, 0.25) is 0 Å². The predicted molar refractivity (Wildman–Crippen MR) is 82.7 cm³/mol. The second-order valence-electron chi connectivity index (χ2n) is 4.65. The maximum absolute atomic E-state index is 6.09. The van der Waals surface area contributed by atoms with Crippen molar-refractivity contribution >= 4 is 5.69 Å². The molecule has 0 spiro atoms. The van der Waals surface area contributed by atoms with Crippen molar-refractivity contribution in [2.45, 2.75) is 6.61 Å². The van der Waals surface area contributed by atoms with Gasteiger partial charge in [-0.1, -0.05) is 30.3 Å². The van der Waals surface area contributed by atoms with Crippen molar-refractivity contribution in [1.29, 1.82) is 0 Å². The third-order valence-electron chi connectivity index (χ3n) is 3.14. The first kappa shape index (κ1) is 13.1. The maximum Gasteiger partial charge on any atom is 0.121 e. The molecule has 0 aliphatic rings. The molecule has 0 amide bonds. The number of nitrogens with zero attached hydrogens (tertiary/aromatic N) is 2. The molecule has 0 aliphatic carbocycles. The minimum absolute atomic E-state index is 0.522. The van der Waals surface area contributed by atoms with E-state index in [0.29, 0.717) is 12.3 Å². The first-order valence-electron chi connectivity index (χ1n) is 6.64. The molecule has 104 valence electrons. The normalized spacial score (nSPS) is 10.3. The molecule has 0 fully saturated rings. The van der Waals surface area contributed by atoms with Gasteiger partial charge in [0.05, 0.1) is 0 Å². The number of nitrogen functional groups attached to an aromatic ring is 1. The van der Waals surface area contributed by atoms with Gasteiger partial charge in [0.15, 0.2) is 0 Å². The summed E-state index contributed by atoms with van der Waals surface area (Å²) in [7, 11) is 0. The Bertz CT molecular complexity index is 715. The predicted octanol–water partition coefficient (Wildman–Crippen LogP) is 3.30. The van der Waals surface area contributed by atoms with Gasteiger partial charge < -0.3 is 10.5 Å². The molecular formula is C17H15N3O. The van der Waals surface area contributed by atoms with Crippen LogP contribution in [0.15, 0.2) is 67.3 Å². The van der Waals surface area contributed by atoms with E-state index < -0.39 is 0 Å². The molecule has 4 nitrogen and oxygen atoms in total. The number of aromatic nitrogens is 2. The molecule has 2 aromatic carbocycles. The van der Waals surface area contributed by atoms with Crippen LogP contribution in [0, 0.1) is 0 Å². The molecule has 0 saturated carbocycles. The van der Waals surface area contributed by atoms with Crippen molar-refractivity contribution in [3.8, 4) is 16.9 Å². The van der Waals surface area contributed by atoms with E-state index >= 15 is 0 Å². The van der Waals surface area contributed by atoms with Crippen molar-refractivity contribution < 1.29 is 4.74 Å². The Kier molecular flexibility index (Phi) is 3.78. The molecule has 0 saturated heterocycles. The van der Waals surface area contributed by atoms with Gasteiger partial charge in [0, 0.05) is 35.3 Å². The molecule has 0 atom stereocenters. The van der Waals surface area contributed by atoms with E-state index in [1.165, 1.54) is 6.33 Å². The summed E-state index contributed by atoms with van der Waals surface area (Å²) in [5.74, 6) is 0.747. The van der Waals surface area contributed by atoms with Crippen LogP contribution < -0.4 is 10.5 Å². The Morgan fingerprint density at radius 3 is 2.43 bits per heavy atom. The first-order valence-corrected chi connectivity index (χ1v) is 6.64. The Hall–Kier alpha value is -2.88. The topological polar surface area (TPSA) is 61.0 Å². The van der Waals surface area contributed by atoms with E-state index in [9.17, 15) is 0 Å². The third kappa shape index (κ3) is 3.17. The molecule has 4 heteroatoms. The van der Waals surface area contributed by atoms with Crippen LogP contribution in [0.1, 0.15) is 5.56 Å². The standard InChI is InChI=1S/C17H15N3O/c18-17-8-15(21-11-13-4-2-1-3-5-13)6-7-16(17)14-9-19-12-20-10-14/h1-10,12H,11,18H2. The van der Waals surface area contributed by atoms with Crippen LogP contribution in [0.25, 0.3) is 11.1 Å². The molecular weight excluding hydrogens is 262 g/mol. The second kappa shape index (κ2) is 6.05. The van der Waals surface area contributed by atoms with Gasteiger partial charge in [-0.15, -0.1) is 0 Å². The molecule has 0 radical (unpaired) electrons. The molecule has 0 unspecified atom stereocenters. The summed E-state index contributed by atoms with van der Waals surface area (Å²) in [5.41, 5.74) is 9.66. The lowest BCUT2D eigenvalue weighted by molar-refractivity contribution is 0.306. The summed E-state index contributed by atoms with van der Waals surface area (Å²) < 4.78 is 5.75. The lowest BCUT2D eigenvalue weighted by Gasteiger charge is -2.10. The van der Waals surface area contributed by atoms with Gasteiger partial charge in [-0.3, -0.25) is 0 Å². The first-order chi connectivity index (χ1) is 10.3. The Balaban J connectivity index is 1.76. The molecule has 1 aromatic heterocycles. The molecule has 0 bridgehead atoms. The second-order valence-corrected chi connectivity index (χ2v) is 4.65. The van der Waals surface area contributed by atoms with Crippen molar-refractivity contribution in [1.82, 2.24) is 9.97 Å². The van der Waals surface area contributed by atoms with Crippen LogP contribution in [-0.4, -0.2) is 9.97 Å². The molecule has 0 aliphatic heterocycles.